The van der Waals surface area contributed by atoms with Gasteiger partial charge in [0.15, 0.2) is 5.65 Å². The normalized spacial score (nSPS) is 25.4. The van der Waals surface area contributed by atoms with Gasteiger partial charge in [-0.05, 0) is 31.9 Å². The molecule has 0 radical (unpaired) electrons. The van der Waals surface area contributed by atoms with E-state index in [1.165, 1.54) is 0 Å². The van der Waals surface area contributed by atoms with Gasteiger partial charge in [-0.1, -0.05) is 0 Å². The number of rotatable bonds is 2. The van der Waals surface area contributed by atoms with Crippen LogP contribution in [0.2, 0.25) is 0 Å². The summed E-state index contributed by atoms with van der Waals surface area (Å²) < 4.78 is 27.9. The number of pyridine rings is 1. The van der Waals surface area contributed by atoms with Crippen molar-refractivity contribution < 1.29 is 8.78 Å². The zero-order valence-corrected chi connectivity index (χ0v) is 12.5. The highest BCUT2D eigenvalue weighted by Crippen LogP contribution is 2.32. The molecule has 0 N–H and O–H groups in total. The van der Waals surface area contributed by atoms with E-state index in [0.29, 0.717) is 0 Å². The first-order valence-electron chi connectivity index (χ1n) is 7.70. The van der Waals surface area contributed by atoms with Crippen molar-refractivity contribution in [1.29, 1.82) is 0 Å². The molecule has 0 spiro atoms. The summed E-state index contributed by atoms with van der Waals surface area (Å²) in [6.45, 7) is 3.45. The number of halogens is 2. The zero-order valence-electron chi connectivity index (χ0n) is 12.5. The lowest BCUT2D eigenvalue weighted by Crippen LogP contribution is -2.63. The molecule has 7 heteroatoms. The van der Waals surface area contributed by atoms with Gasteiger partial charge in [0.05, 0.1) is 25.0 Å². The number of aryl methyl sites for hydroxylation is 1. The monoisotopic (exact) mass is 307 g/mol. The van der Waals surface area contributed by atoms with Crippen LogP contribution in [0.5, 0.6) is 0 Å². The second kappa shape index (κ2) is 4.87. The third kappa shape index (κ3) is 2.43. The summed E-state index contributed by atoms with van der Waals surface area (Å²) in [7, 11) is 0. The predicted octanol–water partition coefficient (Wildman–Crippen LogP) is 1.96. The molecule has 5 nitrogen and oxygen atoms in total. The molecule has 0 saturated carbocycles. The number of nitrogens with zero attached hydrogens (tertiary/aromatic N) is 5. The number of anilines is 1. The molecule has 0 aromatic carbocycles. The standard InChI is InChI=1S/C15H19F2N5/c1-11-18-14-5-4-13(8-22(14)19-11)20-6-2-3-12(7-20)21-9-15(16,17)10-21/h4-5,8,12H,2-3,6-7,9-10H2,1H3. The molecule has 0 bridgehead atoms. The zero-order chi connectivity index (χ0) is 15.3. The van der Waals surface area contributed by atoms with Crippen LogP contribution in [0.3, 0.4) is 0 Å². The Balaban J connectivity index is 1.51. The van der Waals surface area contributed by atoms with Gasteiger partial charge in [-0.15, -0.1) is 0 Å². The summed E-state index contributed by atoms with van der Waals surface area (Å²) in [6.07, 6.45) is 4.00. The van der Waals surface area contributed by atoms with Gasteiger partial charge in [0.2, 0.25) is 0 Å². The third-order valence-corrected chi connectivity index (χ3v) is 4.57. The minimum absolute atomic E-state index is 0.0905. The Hall–Kier alpha value is -1.76. The summed E-state index contributed by atoms with van der Waals surface area (Å²) in [5, 5.41) is 4.34. The Bertz CT molecular complexity index is 690. The fourth-order valence-corrected chi connectivity index (χ4v) is 3.46. The summed E-state index contributed by atoms with van der Waals surface area (Å²) in [4.78, 5) is 8.49. The Kier molecular flexibility index (Phi) is 3.07. The lowest BCUT2D eigenvalue weighted by atomic mass is 9.99. The Labute approximate surface area is 127 Å². The third-order valence-electron chi connectivity index (χ3n) is 4.57. The Morgan fingerprint density at radius 3 is 2.86 bits per heavy atom. The van der Waals surface area contributed by atoms with Gasteiger partial charge in [0.25, 0.3) is 5.92 Å². The van der Waals surface area contributed by atoms with E-state index >= 15 is 0 Å². The van der Waals surface area contributed by atoms with Crippen molar-refractivity contribution in [3.8, 4) is 0 Å². The van der Waals surface area contributed by atoms with Crippen molar-refractivity contribution in [1.82, 2.24) is 19.5 Å². The highest BCUT2D eigenvalue weighted by atomic mass is 19.3. The van der Waals surface area contributed by atoms with E-state index in [9.17, 15) is 8.78 Å². The average molecular weight is 307 g/mol. The molecule has 4 rings (SSSR count). The van der Waals surface area contributed by atoms with E-state index in [0.717, 1.165) is 43.1 Å². The summed E-state index contributed by atoms with van der Waals surface area (Å²) in [5.74, 6) is -1.74. The number of piperidine rings is 1. The topological polar surface area (TPSA) is 36.7 Å². The van der Waals surface area contributed by atoms with Crippen LogP contribution in [0.4, 0.5) is 14.5 Å². The Morgan fingerprint density at radius 2 is 2.09 bits per heavy atom. The van der Waals surface area contributed by atoms with Crippen LogP contribution < -0.4 is 4.90 Å². The van der Waals surface area contributed by atoms with Gasteiger partial charge in [-0.3, -0.25) is 4.90 Å². The number of hydrogen-bond donors (Lipinski definition) is 0. The molecule has 2 saturated heterocycles. The van der Waals surface area contributed by atoms with Gasteiger partial charge in [0.1, 0.15) is 5.82 Å². The van der Waals surface area contributed by atoms with Crippen molar-refractivity contribution in [2.45, 2.75) is 31.7 Å². The van der Waals surface area contributed by atoms with Crippen molar-refractivity contribution in [2.24, 2.45) is 0 Å². The van der Waals surface area contributed by atoms with Crippen molar-refractivity contribution in [2.75, 3.05) is 31.1 Å². The predicted molar refractivity (Wildman–Crippen MR) is 79.5 cm³/mol. The van der Waals surface area contributed by atoms with Crippen LogP contribution in [0.25, 0.3) is 5.65 Å². The second-order valence-corrected chi connectivity index (χ2v) is 6.35. The van der Waals surface area contributed by atoms with Gasteiger partial charge < -0.3 is 4.90 Å². The minimum Gasteiger partial charge on any atom is -0.369 e. The summed E-state index contributed by atoms with van der Waals surface area (Å²) in [5.41, 5.74) is 1.91. The Morgan fingerprint density at radius 1 is 1.27 bits per heavy atom. The van der Waals surface area contributed by atoms with E-state index < -0.39 is 5.92 Å². The average Bonchev–Trinajstić information content (AvgIpc) is 2.84. The lowest BCUT2D eigenvalue weighted by Gasteiger charge is -2.47. The van der Waals surface area contributed by atoms with Crippen LogP contribution >= 0.6 is 0 Å². The SMILES string of the molecule is Cc1nc2ccc(N3CCCC(N4CC(F)(F)C4)C3)cn2n1. The molecule has 2 aliphatic rings. The molecule has 0 aliphatic carbocycles. The van der Waals surface area contributed by atoms with Gasteiger partial charge in [0, 0.05) is 19.1 Å². The number of alkyl halides is 2. The van der Waals surface area contributed by atoms with Gasteiger partial charge in [-0.2, -0.15) is 5.10 Å². The van der Waals surface area contributed by atoms with Crippen LogP contribution in [0, 0.1) is 6.92 Å². The number of hydrogen-bond acceptors (Lipinski definition) is 4. The van der Waals surface area contributed by atoms with Gasteiger partial charge in [-0.25, -0.2) is 18.3 Å². The molecule has 2 aliphatic heterocycles. The smallest absolute Gasteiger partial charge is 0.272 e. The molecular weight excluding hydrogens is 288 g/mol. The highest BCUT2D eigenvalue weighted by Gasteiger charge is 2.47. The van der Waals surface area contributed by atoms with Crippen LogP contribution in [0.15, 0.2) is 18.3 Å². The number of fused-ring (bicyclic) bond motifs is 1. The van der Waals surface area contributed by atoms with Crippen molar-refractivity contribution in [3.05, 3.63) is 24.2 Å². The summed E-state index contributed by atoms with van der Waals surface area (Å²) in [6, 6.07) is 4.22. The molecular formula is C15H19F2N5. The molecule has 2 aromatic rings. The maximum absolute atomic E-state index is 13.1. The van der Waals surface area contributed by atoms with Crippen molar-refractivity contribution in [3.63, 3.8) is 0 Å². The maximum atomic E-state index is 13.1. The fourth-order valence-electron chi connectivity index (χ4n) is 3.46. The van der Waals surface area contributed by atoms with E-state index in [1.807, 2.05) is 30.2 Å². The summed E-state index contributed by atoms with van der Waals surface area (Å²) >= 11 is 0. The molecule has 1 unspecified atom stereocenters. The van der Waals surface area contributed by atoms with Crippen molar-refractivity contribution >= 4 is 11.3 Å². The first kappa shape index (κ1) is 13.9. The van der Waals surface area contributed by atoms with E-state index in [1.54, 1.807) is 4.52 Å². The molecule has 4 heterocycles. The molecule has 118 valence electrons. The second-order valence-electron chi connectivity index (χ2n) is 6.35. The quantitative estimate of drug-likeness (QED) is 0.850. The van der Waals surface area contributed by atoms with E-state index in [4.69, 9.17) is 0 Å². The van der Waals surface area contributed by atoms with Crippen LogP contribution in [-0.2, 0) is 0 Å². The molecule has 2 aromatic heterocycles. The molecule has 1 atom stereocenters. The van der Waals surface area contributed by atoms with E-state index in [-0.39, 0.29) is 19.1 Å². The van der Waals surface area contributed by atoms with E-state index in [2.05, 4.69) is 15.0 Å². The van der Waals surface area contributed by atoms with Gasteiger partial charge >= 0.3 is 0 Å². The first-order chi connectivity index (χ1) is 10.5. The van der Waals surface area contributed by atoms with Crippen LogP contribution in [0.1, 0.15) is 18.7 Å². The molecule has 22 heavy (non-hydrogen) atoms. The molecule has 0 amide bonds. The largest absolute Gasteiger partial charge is 0.369 e. The lowest BCUT2D eigenvalue weighted by molar-refractivity contribution is -0.146. The minimum atomic E-state index is -2.49. The number of aromatic nitrogens is 3. The van der Waals surface area contributed by atoms with Crippen LogP contribution in [-0.4, -0.2) is 57.6 Å². The highest BCUT2D eigenvalue weighted by molar-refractivity contribution is 5.51. The maximum Gasteiger partial charge on any atom is 0.272 e. The number of likely N-dealkylation sites (tertiary alicyclic amines) is 1. The fraction of sp³-hybridized carbons (Fsp3) is 0.600. The molecule has 2 fully saturated rings. The first-order valence-corrected chi connectivity index (χ1v) is 7.70.